The Hall–Kier alpha value is -3.00. The molecule has 1 amide bonds. The lowest BCUT2D eigenvalue weighted by Crippen LogP contribution is -2.25. The number of ether oxygens (including phenoxy) is 3. The molecule has 0 unspecified atom stereocenters. The number of nitrogens with one attached hydrogen (secondary N) is 1. The van der Waals surface area contributed by atoms with Crippen molar-refractivity contribution in [1.29, 1.82) is 0 Å². The summed E-state index contributed by atoms with van der Waals surface area (Å²) in [6.45, 7) is 0.429. The van der Waals surface area contributed by atoms with Gasteiger partial charge in [0.15, 0.2) is 23.0 Å². The van der Waals surface area contributed by atoms with Crippen LogP contribution in [0.4, 0.5) is 0 Å². The van der Waals surface area contributed by atoms with E-state index < -0.39 is 0 Å². The van der Waals surface area contributed by atoms with Crippen LogP contribution >= 0.6 is 11.3 Å². The average Bonchev–Trinajstić information content (AvgIpc) is 3.38. The molecule has 0 aliphatic rings. The van der Waals surface area contributed by atoms with Gasteiger partial charge in [0, 0.05) is 12.6 Å². The molecule has 8 heteroatoms. The molecular formula is C19H20N2O5S. The van der Waals surface area contributed by atoms with E-state index in [1.54, 1.807) is 27.4 Å². The van der Waals surface area contributed by atoms with Gasteiger partial charge in [-0.15, -0.1) is 11.3 Å². The predicted molar refractivity (Wildman–Crippen MR) is 102 cm³/mol. The van der Waals surface area contributed by atoms with Crippen molar-refractivity contribution in [2.75, 3.05) is 27.9 Å². The van der Waals surface area contributed by atoms with Gasteiger partial charge in [-0.05, 0) is 35.6 Å². The van der Waals surface area contributed by atoms with E-state index in [-0.39, 0.29) is 11.6 Å². The highest BCUT2D eigenvalue weighted by Crippen LogP contribution is 2.38. The van der Waals surface area contributed by atoms with Crippen LogP contribution in [-0.4, -0.2) is 38.9 Å². The summed E-state index contributed by atoms with van der Waals surface area (Å²) in [4.78, 5) is 13.2. The standard InChI is InChI=1S/C19H20N2O5S/c1-23-15-9-12(10-16(24-2)18(15)25-3)6-7-20-19(22)13-11-14(26-21-13)17-5-4-8-27-17/h4-5,8-11H,6-7H2,1-3H3,(H,20,22). The van der Waals surface area contributed by atoms with E-state index in [2.05, 4.69) is 10.5 Å². The first-order valence-corrected chi connectivity index (χ1v) is 9.12. The molecule has 2 aromatic heterocycles. The summed E-state index contributed by atoms with van der Waals surface area (Å²) in [6.07, 6.45) is 0.595. The van der Waals surface area contributed by atoms with E-state index in [0.29, 0.717) is 36.0 Å². The number of carbonyl (C=O) groups is 1. The molecule has 7 nitrogen and oxygen atoms in total. The molecule has 142 valence electrons. The van der Waals surface area contributed by atoms with Gasteiger partial charge in [-0.2, -0.15) is 0 Å². The van der Waals surface area contributed by atoms with Gasteiger partial charge in [-0.1, -0.05) is 11.2 Å². The van der Waals surface area contributed by atoms with Crippen molar-refractivity contribution in [2.45, 2.75) is 6.42 Å². The molecule has 1 N–H and O–H groups in total. The van der Waals surface area contributed by atoms with Crippen molar-refractivity contribution in [2.24, 2.45) is 0 Å². The lowest BCUT2D eigenvalue weighted by molar-refractivity contribution is 0.0945. The molecule has 0 atom stereocenters. The second-order valence-corrected chi connectivity index (χ2v) is 6.54. The maximum Gasteiger partial charge on any atom is 0.273 e. The van der Waals surface area contributed by atoms with Gasteiger partial charge < -0.3 is 24.1 Å². The molecule has 0 saturated carbocycles. The minimum Gasteiger partial charge on any atom is -0.493 e. The maximum absolute atomic E-state index is 12.3. The largest absolute Gasteiger partial charge is 0.493 e. The van der Waals surface area contributed by atoms with E-state index in [1.165, 1.54) is 11.3 Å². The Labute approximate surface area is 160 Å². The molecule has 0 spiro atoms. The molecule has 0 aliphatic heterocycles. The van der Waals surface area contributed by atoms with Crippen LogP contribution in [0.15, 0.2) is 40.2 Å². The first-order chi connectivity index (χ1) is 13.2. The van der Waals surface area contributed by atoms with Crippen LogP contribution in [0.1, 0.15) is 16.1 Å². The highest BCUT2D eigenvalue weighted by atomic mass is 32.1. The summed E-state index contributed by atoms with van der Waals surface area (Å²) < 4.78 is 21.2. The van der Waals surface area contributed by atoms with Crippen LogP contribution in [0, 0.1) is 0 Å². The van der Waals surface area contributed by atoms with Crippen LogP contribution in [0.25, 0.3) is 10.6 Å². The summed E-state index contributed by atoms with van der Waals surface area (Å²) in [5, 5.41) is 8.62. The Kier molecular flexibility index (Phi) is 5.97. The molecule has 0 fully saturated rings. The van der Waals surface area contributed by atoms with Gasteiger partial charge in [0.2, 0.25) is 5.75 Å². The molecule has 3 rings (SSSR count). The smallest absolute Gasteiger partial charge is 0.273 e. The molecule has 0 radical (unpaired) electrons. The zero-order chi connectivity index (χ0) is 19.2. The SMILES string of the molecule is COc1cc(CCNC(=O)c2cc(-c3cccs3)on2)cc(OC)c1OC. The van der Waals surface area contributed by atoms with Crippen LogP contribution in [0.2, 0.25) is 0 Å². The quantitative estimate of drug-likeness (QED) is 0.637. The molecular weight excluding hydrogens is 368 g/mol. The van der Waals surface area contributed by atoms with Gasteiger partial charge in [-0.3, -0.25) is 4.79 Å². The van der Waals surface area contributed by atoms with Gasteiger partial charge in [-0.25, -0.2) is 0 Å². The predicted octanol–water partition coefficient (Wildman–Crippen LogP) is 3.40. The Bertz CT molecular complexity index is 880. The van der Waals surface area contributed by atoms with Crippen LogP contribution in [0.3, 0.4) is 0 Å². The Balaban J connectivity index is 1.62. The number of hydrogen-bond donors (Lipinski definition) is 1. The van der Waals surface area contributed by atoms with Gasteiger partial charge in [0.25, 0.3) is 5.91 Å². The summed E-state index contributed by atoms with van der Waals surface area (Å²) in [7, 11) is 4.69. The second kappa shape index (κ2) is 8.59. The topological polar surface area (TPSA) is 82.8 Å². The molecule has 3 aromatic rings. The van der Waals surface area contributed by atoms with Crippen molar-refractivity contribution in [3.63, 3.8) is 0 Å². The third-order valence-corrected chi connectivity index (χ3v) is 4.81. The zero-order valence-corrected chi connectivity index (χ0v) is 16.1. The van der Waals surface area contributed by atoms with E-state index >= 15 is 0 Å². The number of benzene rings is 1. The van der Waals surface area contributed by atoms with Gasteiger partial charge in [0.05, 0.1) is 26.2 Å². The highest BCUT2D eigenvalue weighted by molar-refractivity contribution is 7.13. The fourth-order valence-corrected chi connectivity index (χ4v) is 3.28. The van der Waals surface area contributed by atoms with Crippen LogP contribution in [-0.2, 0) is 6.42 Å². The van der Waals surface area contributed by atoms with Crippen molar-refractivity contribution in [1.82, 2.24) is 10.5 Å². The summed E-state index contributed by atoms with van der Waals surface area (Å²) in [5.74, 6) is 2.00. The van der Waals surface area contributed by atoms with Crippen LogP contribution < -0.4 is 19.5 Å². The van der Waals surface area contributed by atoms with Crippen molar-refractivity contribution < 1.29 is 23.5 Å². The number of methoxy groups -OCH3 is 3. The Morgan fingerprint density at radius 2 is 1.89 bits per heavy atom. The van der Waals surface area contributed by atoms with E-state index in [4.69, 9.17) is 18.7 Å². The van der Waals surface area contributed by atoms with Crippen LogP contribution in [0.5, 0.6) is 17.2 Å². The molecule has 0 aliphatic carbocycles. The van der Waals surface area contributed by atoms with Crippen molar-refractivity contribution in [3.8, 4) is 27.9 Å². The van der Waals surface area contributed by atoms with E-state index in [0.717, 1.165) is 10.4 Å². The Morgan fingerprint density at radius 1 is 1.15 bits per heavy atom. The summed E-state index contributed by atoms with van der Waals surface area (Å²) in [5.41, 5.74) is 1.20. The average molecular weight is 388 g/mol. The number of nitrogens with zero attached hydrogens (tertiary/aromatic N) is 1. The van der Waals surface area contributed by atoms with E-state index in [9.17, 15) is 4.79 Å². The molecule has 1 aromatic carbocycles. The summed E-state index contributed by atoms with van der Waals surface area (Å²) >= 11 is 1.53. The first kappa shape index (κ1) is 18.8. The van der Waals surface area contributed by atoms with Crippen molar-refractivity contribution >= 4 is 17.2 Å². The van der Waals surface area contributed by atoms with Gasteiger partial charge >= 0.3 is 0 Å². The molecule has 2 heterocycles. The zero-order valence-electron chi connectivity index (χ0n) is 15.3. The van der Waals surface area contributed by atoms with E-state index in [1.807, 2.05) is 29.6 Å². The number of hydrogen-bond acceptors (Lipinski definition) is 7. The highest BCUT2D eigenvalue weighted by Gasteiger charge is 2.15. The van der Waals surface area contributed by atoms with Gasteiger partial charge in [0.1, 0.15) is 0 Å². The summed E-state index contributed by atoms with van der Waals surface area (Å²) in [6, 6.07) is 9.19. The third-order valence-electron chi connectivity index (χ3n) is 3.93. The minimum absolute atomic E-state index is 0.253. The number of rotatable bonds is 8. The molecule has 0 bridgehead atoms. The fraction of sp³-hybridized carbons (Fsp3) is 0.263. The number of thiophene rings is 1. The molecule has 0 saturated heterocycles. The maximum atomic E-state index is 12.3. The minimum atomic E-state index is -0.283. The molecule has 27 heavy (non-hydrogen) atoms. The lowest BCUT2D eigenvalue weighted by Gasteiger charge is -2.14. The lowest BCUT2D eigenvalue weighted by atomic mass is 10.1. The Morgan fingerprint density at radius 3 is 2.48 bits per heavy atom. The van der Waals surface area contributed by atoms with Crippen molar-refractivity contribution in [3.05, 3.63) is 47.0 Å². The fourth-order valence-electron chi connectivity index (χ4n) is 2.61. The number of amides is 1. The number of aromatic nitrogens is 1. The first-order valence-electron chi connectivity index (χ1n) is 8.24. The second-order valence-electron chi connectivity index (χ2n) is 5.59. The monoisotopic (exact) mass is 388 g/mol. The number of carbonyl (C=O) groups excluding carboxylic acids is 1. The third kappa shape index (κ3) is 4.22. The normalized spacial score (nSPS) is 10.5.